The molecule has 66 valence electrons. The van der Waals surface area contributed by atoms with E-state index < -0.39 is 0 Å². The van der Waals surface area contributed by atoms with Gasteiger partial charge in [0, 0.05) is 6.54 Å². The Balaban J connectivity index is 2.95. The number of carbonyl (C=O) groups is 1. The molecule has 0 saturated heterocycles. The molecule has 0 aliphatic rings. The molecule has 0 aromatic heterocycles. The zero-order valence-electron chi connectivity index (χ0n) is 6.93. The van der Waals surface area contributed by atoms with Crippen molar-refractivity contribution >= 4 is 17.7 Å². The maximum absolute atomic E-state index is 10.6. The summed E-state index contributed by atoms with van der Waals surface area (Å²) in [6, 6.07) is 0. The third-order valence-corrected chi connectivity index (χ3v) is 1.98. The van der Waals surface area contributed by atoms with Crippen LogP contribution >= 0.6 is 11.8 Å². The minimum Gasteiger partial charge on any atom is -0.355 e. The summed E-state index contributed by atoms with van der Waals surface area (Å²) in [6.45, 7) is 0.860. The van der Waals surface area contributed by atoms with Crippen LogP contribution in [0.2, 0.25) is 0 Å². The number of carbonyl (C=O) groups excluding carboxylic acids is 1. The minimum atomic E-state index is -0.0610. The van der Waals surface area contributed by atoms with Gasteiger partial charge in [0.25, 0.3) is 0 Å². The second kappa shape index (κ2) is 7.88. The van der Waals surface area contributed by atoms with Crippen molar-refractivity contribution in [1.82, 2.24) is 5.32 Å². The predicted molar refractivity (Wildman–Crippen MR) is 49.7 cm³/mol. The average Bonchev–Trinajstić information content (AvgIpc) is 2.04. The number of unbranched alkanes of at least 4 members (excludes halogenated alkanes) is 1. The average molecular weight is 176 g/mol. The van der Waals surface area contributed by atoms with Crippen LogP contribution in [0.15, 0.2) is 0 Å². The third kappa shape index (κ3) is 7.68. The van der Waals surface area contributed by atoms with Gasteiger partial charge in [-0.2, -0.15) is 11.8 Å². The van der Waals surface area contributed by atoms with Crippen LogP contribution in [0.5, 0.6) is 0 Å². The van der Waals surface area contributed by atoms with E-state index in [9.17, 15) is 4.79 Å². The fourth-order valence-electron chi connectivity index (χ4n) is 0.671. The first-order valence-corrected chi connectivity index (χ1v) is 5.16. The highest BCUT2D eigenvalue weighted by molar-refractivity contribution is 7.98. The second-order valence-electron chi connectivity index (χ2n) is 2.25. The summed E-state index contributed by atoms with van der Waals surface area (Å²) in [5, 5.41) is 2.72. The van der Waals surface area contributed by atoms with Crippen molar-refractivity contribution in [3.05, 3.63) is 0 Å². The molecule has 3 N–H and O–H groups in total. The van der Waals surface area contributed by atoms with E-state index in [-0.39, 0.29) is 12.5 Å². The summed E-state index contributed by atoms with van der Waals surface area (Å²) in [7, 11) is 0. The Kier molecular flexibility index (Phi) is 7.72. The largest absolute Gasteiger partial charge is 0.355 e. The van der Waals surface area contributed by atoms with E-state index in [2.05, 4.69) is 11.6 Å². The van der Waals surface area contributed by atoms with Gasteiger partial charge in [-0.05, 0) is 24.9 Å². The molecule has 0 fully saturated rings. The van der Waals surface area contributed by atoms with Gasteiger partial charge in [-0.15, -0.1) is 0 Å². The number of hydrogen-bond acceptors (Lipinski definition) is 3. The number of thioether (sulfide) groups is 1. The molecule has 0 atom stereocenters. The van der Waals surface area contributed by atoms with Crippen molar-refractivity contribution in [3.63, 3.8) is 0 Å². The topological polar surface area (TPSA) is 55.1 Å². The molecule has 1 amide bonds. The van der Waals surface area contributed by atoms with Gasteiger partial charge < -0.3 is 11.1 Å². The third-order valence-electron chi connectivity index (χ3n) is 1.28. The van der Waals surface area contributed by atoms with Crippen molar-refractivity contribution in [2.45, 2.75) is 12.8 Å². The maximum atomic E-state index is 10.6. The Morgan fingerprint density at radius 1 is 1.55 bits per heavy atom. The maximum Gasteiger partial charge on any atom is 0.233 e. The second-order valence-corrected chi connectivity index (χ2v) is 3.24. The van der Waals surface area contributed by atoms with Crippen molar-refractivity contribution in [2.24, 2.45) is 5.73 Å². The molecule has 0 spiro atoms. The quantitative estimate of drug-likeness (QED) is 0.569. The zero-order chi connectivity index (χ0) is 8.53. The van der Waals surface area contributed by atoms with Crippen LogP contribution in [0.1, 0.15) is 12.8 Å². The summed E-state index contributed by atoms with van der Waals surface area (Å²) in [4.78, 5) is 10.6. The van der Waals surface area contributed by atoms with E-state index in [0.29, 0.717) is 0 Å². The Morgan fingerprint density at radius 3 is 2.82 bits per heavy atom. The number of nitrogens with two attached hydrogens (primary N) is 1. The fraction of sp³-hybridized carbons (Fsp3) is 0.857. The van der Waals surface area contributed by atoms with E-state index >= 15 is 0 Å². The van der Waals surface area contributed by atoms with Gasteiger partial charge in [0.15, 0.2) is 0 Å². The van der Waals surface area contributed by atoms with Gasteiger partial charge >= 0.3 is 0 Å². The first-order chi connectivity index (χ1) is 5.31. The van der Waals surface area contributed by atoms with E-state index in [0.717, 1.165) is 19.4 Å². The molecular formula is C7H16N2OS. The lowest BCUT2D eigenvalue weighted by molar-refractivity contribution is -0.119. The predicted octanol–water partition coefficient (Wildman–Crippen LogP) is 0.205. The van der Waals surface area contributed by atoms with E-state index in [1.807, 2.05) is 11.8 Å². The van der Waals surface area contributed by atoms with Gasteiger partial charge in [-0.1, -0.05) is 0 Å². The zero-order valence-corrected chi connectivity index (χ0v) is 7.75. The van der Waals surface area contributed by atoms with Crippen LogP contribution < -0.4 is 11.1 Å². The summed E-state index contributed by atoms with van der Waals surface area (Å²) in [5.74, 6) is 1.10. The molecule has 0 saturated carbocycles. The summed E-state index contributed by atoms with van der Waals surface area (Å²) < 4.78 is 0. The summed E-state index contributed by atoms with van der Waals surface area (Å²) in [5.41, 5.74) is 5.10. The van der Waals surface area contributed by atoms with E-state index in [1.54, 1.807) is 0 Å². The Morgan fingerprint density at radius 2 is 2.27 bits per heavy atom. The number of hydrogen-bond donors (Lipinski definition) is 2. The van der Waals surface area contributed by atoms with Crippen LogP contribution in [-0.4, -0.2) is 31.0 Å². The van der Waals surface area contributed by atoms with Crippen LogP contribution in [0, 0.1) is 0 Å². The van der Waals surface area contributed by atoms with Crippen LogP contribution in [0.3, 0.4) is 0 Å². The van der Waals surface area contributed by atoms with Crippen molar-refractivity contribution in [3.8, 4) is 0 Å². The first kappa shape index (κ1) is 10.8. The van der Waals surface area contributed by atoms with Crippen molar-refractivity contribution in [2.75, 3.05) is 25.1 Å². The van der Waals surface area contributed by atoms with E-state index in [1.165, 1.54) is 5.75 Å². The SMILES string of the molecule is CSCCCCNC(=O)CN. The molecular weight excluding hydrogens is 160 g/mol. The highest BCUT2D eigenvalue weighted by atomic mass is 32.2. The molecule has 0 bridgehead atoms. The van der Waals surface area contributed by atoms with Crippen molar-refractivity contribution in [1.29, 1.82) is 0 Å². The summed E-state index contributed by atoms with van der Waals surface area (Å²) in [6.07, 6.45) is 4.29. The number of nitrogens with one attached hydrogen (secondary N) is 1. The monoisotopic (exact) mass is 176 g/mol. The molecule has 3 nitrogen and oxygen atoms in total. The van der Waals surface area contributed by atoms with Gasteiger partial charge in [0.2, 0.25) is 5.91 Å². The smallest absolute Gasteiger partial charge is 0.233 e. The normalized spacial score (nSPS) is 9.64. The van der Waals surface area contributed by atoms with Crippen LogP contribution in [-0.2, 0) is 4.79 Å². The highest BCUT2D eigenvalue weighted by Gasteiger charge is 1.94. The molecule has 11 heavy (non-hydrogen) atoms. The molecule has 0 aliphatic heterocycles. The van der Waals surface area contributed by atoms with Gasteiger partial charge in [-0.25, -0.2) is 0 Å². The fourth-order valence-corrected chi connectivity index (χ4v) is 1.16. The lowest BCUT2D eigenvalue weighted by atomic mass is 10.3. The minimum absolute atomic E-state index is 0.0610. The van der Waals surface area contributed by atoms with E-state index in [4.69, 9.17) is 5.73 Å². The Hall–Kier alpha value is -0.220. The van der Waals surface area contributed by atoms with Crippen LogP contribution in [0.25, 0.3) is 0 Å². The molecule has 4 heteroatoms. The highest BCUT2D eigenvalue weighted by Crippen LogP contribution is 1.97. The Labute approximate surface area is 72.1 Å². The lowest BCUT2D eigenvalue weighted by Gasteiger charge is -2.01. The summed E-state index contributed by atoms with van der Waals surface area (Å²) >= 11 is 1.83. The molecule has 0 aromatic carbocycles. The molecule has 0 aromatic rings. The molecule has 0 heterocycles. The van der Waals surface area contributed by atoms with Gasteiger partial charge in [0.1, 0.15) is 0 Å². The standard InChI is InChI=1S/C7H16N2OS/c1-11-5-3-2-4-9-7(10)6-8/h2-6,8H2,1H3,(H,9,10). The van der Waals surface area contributed by atoms with Crippen molar-refractivity contribution < 1.29 is 4.79 Å². The van der Waals surface area contributed by atoms with Gasteiger partial charge in [-0.3, -0.25) is 4.79 Å². The molecule has 0 unspecified atom stereocenters. The first-order valence-electron chi connectivity index (χ1n) is 3.77. The van der Waals surface area contributed by atoms with Crippen LogP contribution in [0.4, 0.5) is 0 Å². The number of amides is 1. The Bertz CT molecular complexity index is 109. The molecule has 0 rings (SSSR count). The number of rotatable bonds is 6. The lowest BCUT2D eigenvalue weighted by Crippen LogP contribution is -2.30. The molecule has 0 aliphatic carbocycles. The molecule has 0 radical (unpaired) electrons. The van der Waals surface area contributed by atoms with Gasteiger partial charge in [0.05, 0.1) is 6.54 Å².